The molecule has 2 saturated carbocycles. The van der Waals surface area contributed by atoms with Crippen molar-refractivity contribution < 1.29 is 24.5 Å². The first-order chi connectivity index (χ1) is 13.2. The van der Waals surface area contributed by atoms with Crippen LogP contribution in [0.1, 0.15) is 92.0 Å². The minimum absolute atomic E-state index is 0.0159. The molecule has 0 saturated heterocycles. The fraction of sp³-hybridized carbons (Fsp3) is 0.652. The molecule has 28 heavy (non-hydrogen) atoms. The molecular weight excluding hydrogens is 356 g/mol. The van der Waals surface area contributed by atoms with Crippen molar-refractivity contribution in [1.82, 2.24) is 0 Å². The number of phenolic OH excluding ortho intramolecular Hbond substituents is 2. The van der Waals surface area contributed by atoms with Crippen LogP contribution in [0.15, 0.2) is 0 Å². The molecule has 2 N–H and O–H groups in total. The van der Waals surface area contributed by atoms with Crippen molar-refractivity contribution >= 4 is 12.6 Å². The first-order valence-corrected chi connectivity index (χ1v) is 10.4. The Hall–Kier alpha value is -2.04. The number of hydrogen-bond acceptors (Lipinski definition) is 5. The number of phenols is 2. The van der Waals surface area contributed by atoms with Gasteiger partial charge in [-0.05, 0) is 55.8 Å². The van der Waals surface area contributed by atoms with E-state index in [0.717, 1.165) is 19.3 Å². The van der Waals surface area contributed by atoms with E-state index in [1.165, 1.54) is 12.8 Å². The normalized spacial score (nSPS) is 32.4. The van der Waals surface area contributed by atoms with Crippen LogP contribution in [0.5, 0.6) is 17.2 Å². The van der Waals surface area contributed by atoms with Gasteiger partial charge in [0.15, 0.2) is 12.6 Å². The van der Waals surface area contributed by atoms with Crippen molar-refractivity contribution in [2.45, 2.75) is 71.3 Å². The third kappa shape index (κ3) is 2.37. The van der Waals surface area contributed by atoms with E-state index in [1.807, 2.05) is 0 Å². The monoisotopic (exact) mass is 386 g/mol. The average Bonchev–Trinajstić information content (AvgIpc) is 2.71. The van der Waals surface area contributed by atoms with Gasteiger partial charge in [-0.1, -0.05) is 27.7 Å². The Labute approximate surface area is 166 Å². The molecule has 0 bridgehead atoms. The van der Waals surface area contributed by atoms with E-state index < -0.39 is 11.4 Å². The number of carbonyl (C=O) groups is 2. The summed E-state index contributed by atoms with van der Waals surface area (Å²) in [5.74, 6) is 1.13. The van der Waals surface area contributed by atoms with Crippen LogP contribution >= 0.6 is 0 Å². The Kier molecular flexibility index (Phi) is 4.29. The molecule has 0 amide bonds. The second-order valence-corrected chi connectivity index (χ2v) is 10.00. The van der Waals surface area contributed by atoms with Crippen LogP contribution in [-0.4, -0.2) is 28.4 Å². The zero-order chi connectivity index (χ0) is 20.4. The molecule has 1 aromatic rings. The summed E-state index contributed by atoms with van der Waals surface area (Å²) in [5.41, 5.74) is -0.212. The van der Waals surface area contributed by atoms with Gasteiger partial charge in [-0.3, -0.25) is 9.59 Å². The van der Waals surface area contributed by atoms with E-state index in [9.17, 15) is 19.8 Å². The quantitative estimate of drug-likeness (QED) is 0.724. The van der Waals surface area contributed by atoms with Gasteiger partial charge >= 0.3 is 0 Å². The lowest BCUT2D eigenvalue weighted by molar-refractivity contribution is -0.0629. The fourth-order valence-electron chi connectivity index (χ4n) is 6.29. The Bertz CT molecular complexity index is 840. The minimum atomic E-state index is -0.486. The standard InChI is InChI=1S/C23H30O5/c1-12(2)7-14-9-23(8-13-5-6-17(13)22(23,3)4)28-21-16(11-25)19(26)15(10-24)20(27)18(14)21/h10-14,17,26-27H,5-9H2,1-4H3/t13?,14-,17?,23+/m0/s1. The van der Waals surface area contributed by atoms with E-state index in [-0.39, 0.29) is 34.0 Å². The average molecular weight is 386 g/mol. The summed E-state index contributed by atoms with van der Waals surface area (Å²) >= 11 is 0. The van der Waals surface area contributed by atoms with Gasteiger partial charge in [0.2, 0.25) is 0 Å². The van der Waals surface area contributed by atoms with E-state index in [1.54, 1.807) is 0 Å². The molecule has 4 rings (SSSR count). The molecule has 1 spiro atoms. The van der Waals surface area contributed by atoms with Gasteiger partial charge in [-0.25, -0.2) is 0 Å². The molecule has 1 aromatic carbocycles. The highest BCUT2D eigenvalue weighted by molar-refractivity contribution is 5.95. The van der Waals surface area contributed by atoms with Crippen LogP contribution in [0.4, 0.5) is 0 Å². The van der Waals surface area contributed by atoms with Crippen LogP contribution in [0, 0.1) is 23.2 Å². The number of carbonyl (C=O) groups excluding carboxylic acids is 2. The topological polar surface area (TPSA) is 83.8 Å². The Balaban J connectivity index is 1.94. The summed E-state index contributed by atoms with van der Waals surface area (Å²) in [7, 11) is 0. The molecule has 3 aliphatic rings. The predicted octanol–water partition coefficient (Wildman–Crippen LogP) is 4.83. The smallest absolute Gasteiger partial charge is 0.157 e. The van der Waals surface area contributed by atoms with Gasteiger partial charge in [0.25, 0.3) is 0 Å². The maximum absolute atomic E-state index is 11.9. The van der Waals surface area contributed by atoms with Gasteiger partial charge < -0.3 is 14.9 Å². The van der Waals surface area contributed by atoms with Crippen molar-refractivity contribution in [1.29, 1.82) is 0 Å². The minimum Gasteiger partial charge on any atom is -0.507 e. The zero-order valence-corrected chi connectivity index (χ0v) is 17.1. The van der Waals surface area contributed by atoms with Crippen LogP contribution in [-0.2, 0) is 0 Å². The Morgan fingerprint density at radius 2 is 1.75 bits per heavy atom. The third-order valence-corrected chi connectivity index (χ3v) is 7.89. The van der Waals surface area contributed by atoms with Crippen LogP contribution in [0.2, 0.25) is 0 Å². The van der Waals surface area contributed by atoms with Crippen molar-refractivity contribution in [3.05, 3.63) is 16.7 Å². The number of fused-ring (bicyclic) bond motifs is 2. The Morgan fingerprint density at radius 1 is 1.07 bits per heavy atom. The maximum atomic E-state index is 11.9. The van der Waals surface area contributed by atoms with Crippen molar-refractivity contribution in [2.24, 2.45) is 23.2 Å². The van der Waals surface area contributed by atoms with Crippen molar-refractivity contribution in [3.63, 3.8) is 0 Å². The largest absolute Gasteiger partial charge is 0.507 e. The summed E-state index contributed by atoms with van der Waals surface area (Å²) in [6, 6.07) is 0. The fourth-order valence-corrected chi connectivity index (χ4v) is 6.29. The second-order valence-electron chi connectivity index (χ2n) is 10.00. The van der Waals surface area contributed by atoms with E-state index in [2.05, 4.69) is 27.7 Å². The number of rotatable bonds is 4. The molecule has 0 radical (unpaired) electrons. The molecule has 1 heterocycles. The lowest BCUT2D eigenvalue weighted by Crippen LogP contribution is -2.51. The highest BCUT2D eigenvalue weighted by Gasteiger charge is 2.65. The molecule has 5 nitrogen and oxygen atoms in total. The lowest BCUT2D eigenvalue weighted by Gasteiger charge is -2.50. The summed E-state index contributed by atoms with van der Waals surface area (Å²) in [5, 5.41) is 21.3. The third-order valence-electron chi connectivity index (χ3n) is 7.89. The SMILES string of the molecule is CC(C)C[C@H]1C[C@@]2(CC3CCC3C2(C)C)Oc2c(C=O)c(O)c(C=O)c(O)c21. The number of ether oxygens (including phenoxy) is 1. The second kappa shape index (κ2) is 6.23. The maximum Gasteiger partial charge on any atom is 0.157 e. The van der Waals surface area contributed by atoms with Gasteiger partial charge in [0.05, 0.1) is 11.1 Å². The highest BCUT2D eigenvalue weighted by atomic mass is 16.5. The first-order valence-electron chi connectivity index (χ1n) is 10.4. The van der Waals surface area contributed by atoms with Crippen molar-refractivity contribution in [3.8, 4) is 17.2 Å². The summed E-state index contributed by atoms with van der Waals surface area (Å²) in [6.07, 6.45) is 5.88. The number of aldehydes is 2. The predicted molar refractivity (Wildman–Crippen MR) is 105 cm³/mol. The summed E-state index contributed by atoms with van der Waals surface area (Å²) in [4.78, 5) is 23.4. The number of benzene rings is 1. The highest BCUT2D eigenvalue weighted by Crippen LogP contribution is 2.68. The molecule has 152 valence electrons. The number of aromatic hydroxyl groups is 2. The molecule has 5 heteroatoms. The molecule has 1 aliphatic heterocycles. The molecule has 0 aromatic heterocycles. The number of hydrogen-bond donors (Lipinski definition) is 2. The lowest BCUT2D eigenvalue weighted by atomic mass is 9.62. The zero-order valence-electron chi connectivity index (χ0n) is 17.1. The van der Waals surface area contributed by atoms with Gasteiger partial charge in [0, 0.05) is 11.0 Å². The first kappa shape index (κ1) is 19.3. The van der Waals surface area contributed by atoms with Crippen LogP contribution < -0.4 is 4.74 Å². The summed E-state index contributed by atoms with van der Waals surface area (Å²) < 4.78 is 6.60. The van der Waals surface area contributed by atoms with E-state index >= 15 is 0 Å². The molecule has 2 fully saturated rings. The van der Waals surface area contributed by atoms with Crippen LogP contribution in [0.3, 0.4) is 0 Å². The molecule has 2 aliphatic carbocycles. The van der Waals surface area contributed by atoms with Gasteiger partial charge in [-0.15, -0.1) is 0 Å². The molecule has 2 unspecified atom stereocenters. The van der Waals surface area contributed by atoms with E-state index in [4.69, 9.17) is 4.74 Å². The van der Waals surface area contributed by atoms with E-state index in [0.29, 0.717) is 35.9 Å². The molecule has 4 atom stereocenters. The summed E-state index contributed by atoms with van der Waals surface area (Å²) in [6.45, 7) is 8.77. The van der Waals surface area contributed by atoms with Gasteiger partial charge in [0.1, 0.15) is 22.8 Å². The Morgan fingerprint density at radius 3 is 2.21 bits per heavy atom. The molecular formula is C23H30O5. The van der Waals surface area contributed by atoms with Crippen molar-refractivity contribution in [2.75, 3.05) is 0 Å². The van der Waals surface area contributed by atoms with Crippen LogP contribution in [0.25, 0.3) is 0 Å². The van der Waals surface area contributed by atoms with Gasteiger partial charge in [-0.2, -0.15) is 0 Å².